The average Bonchev–Trinajstić information content (AvgIpc) is 0.760. The van der Waals surface area contributed by atoms with Crippen LogP contribution in [0.15, 0.2) is 128 Å². The minimum atomic E-state index is -5.72. The van der Waals surface area contributed by atoms with Crippen molar-refractivity contribution in [1.29, 1.82) is 0 Å². The van der Waals surface area contributed by atoms with Gasteiger partial charge >= 0.3 is 23.5 Å². The van der Waals surface area contributed by atoms with Gasteiger partial charge < -0.3 is 70.2 Å². The Morgan fingerprint density at radius 1 is 0.426 bits per heavy atom. The van der Waals surface area contributed by atoms with Crippen molar-refractivity contribution in [2.24, 2.45) is 0 Å². The average molecular weight is 1490 g/mol. The summed E-state index contributed by atoms with van der Waals surface area (Å²) in [6.07, 6.45) is 28.5. The quantitative estimate of drug-likeness (QED) is 0.0199. The highest BCUT2D eigenvalue weighted by atomic mass is 31.3. The number of phosphoric acid groups is 3. The van der Waals surface area contributed by atoms with Crippen LogP contribution in [0.2, 0.25) is 0 Å². The van der Waals surface area contributed by atoms with E-state index in [9.17, 15) is 63.5 Å². The van der Waals surface area contributed by atoms with Crippen LogP contribution in [0.5, 0.6) is 0 Å². The fourth-order valence-corrected chi connectivity index (χ4v) is 13.8. The number of phosphoric ester groups is 3. The molecule has 0 radical (unpaired) electrons. The molecule has 27 heteroatoms. The van der Waals surface area contributed by atoms with Gasteiger partial charge in [0.1, 0.15) is 54.8 Å². The standard InChI is InChI=1S/C74H125N2O22P3/c1-51(2)25-15-26-52(3)27-16-28-53(4)29-17-30-54(5)31-18-32-55(6)33-19-34-56(7)35-20-36-57(8)37-21-38-58(9)39-22-40-59(10)41-23-42-60(11)43-24-44-61(12)45-46-91-100(87,88)98-101(89,90)97-74-68(76-63(14)80)71(84)72(65(48-78)94-74)96-73-67(75-62(13)79)70(83)69(82)66(95-73)50-93-99(85,86)92-49-64(81)47-77/h25,27,29,31,33,35,37,39,41,43,45,64-74,77-78,81-84H,15-24,26,28,30,32,34,36,38,40,42,44,46-50H2,1-14H3,(H,75,79)(H,76,80)(H,85,86)(H,87,88)(H,89,90)/b52-27+,53-29+,54-31-,55-33-,56-35-,57-37-,58-39-,59-41-,60-43-,61-45-/t64?,65-,66-,67+,68-,69-,70-,71-,72-,73+,74+/m1/s1. The van der Waals surface area contributed by atoms with Gasteiger partial charge in [0.2, 0.25) is 11.8 Å². The molecule has 578 valence electrons. The van der Waals surface area contributed by atoms with E-state index in [1.165, 1.54) is 61.8 Å². The zero-order valence-corrected chi connectivity index (χ0v) is 65.2. The number of ether oxygens (including phenoxy) is 3. The lowest BCUT2D eigenvalue weighted by molar-refractivity contribution is -0.325. The molecule has 0 aromatic rings. The predicted molar refractivity (Wildman–Crippen MR) is 394 cm³/mol. The molecule has 0 bridgehead atoms. The summed E-state index contributed by atoms with van der Waals surface area (Å²) in [4.78, 5) is 55.7. The number of carbonyl (C=O) groups is 2. The Morgan fingerprint density at radius 2 is 0.762 bits per heavy atom. The Balaban J connectivity index is 1.79. The molecule has 0 aromatic carbocycles. The van der Waals surface area contributed by atoms with E-state index in [0.29, 0.717) is 12.8 Å². The third kappa shape index (κ3) is 42.1. The summed E-state index contributed by atoms with van der Waals surface area (Å²) in [5, 5.41) is 66.8. The molecule has 14 atom stereocenters. The van der Waals surface area contributed by atoms with E-state index in [0.717, 1.165) is 135 Å². The van der Waals surface area contributed by atoms with Crippen molar-refractivity contribution in [3.63, 3.8) is 0 Å². The fourth-order valence-electron chi connectivity index (χ4n) is 11.0. The highest BCUT2D eigenvalue weighted by Crippen LogP contribution is 2.61. The number of carbonyl (C=O) groups excluding carboxylic acids is 2. The number of amides is 2. The number of allylic oxidation sites excluding steroid dienone is 21. The van der Waals surface area contributed by atoms with Crippen molar-refractivity contribution < 1.29 is 105 Å². The first-order valence-electron chi connectivity index (χ1n) is 35.4. The first-order chi connectivity index (χ1) is 47.4. The Hall–Kier alpha value is -3.91. The summed E-state index contributed by atoms with van der Waals surface area (Å²) in [5.74, 6) is -1.67. The third-order valence-electron chi connectivity index (χ3n) is 17.1. The third-order valence-corrected chi connectivity index (χ3v) is 20.7. The molecule has 11 N–H and O–H groups in total. The topological polar surface area (TPSA) is 365 Å². The Morgan fingerprint density at radius 3 is 1.10 bits per heavy atom. The van der Waals surface area contributed by atoms with E-state index in [-0.39, 0.29) is 0 Å². The van der Waals surface area contributed by atoms with Crippen molar-refractivity contribution in [2.75, 3.05) is 33.0 Å². The molecule has 2 saturated heterocycles. The van der Waals surface area contributed by atoms with Gasteiger partial charge in [-0.15, -0.1) is 0 Å². The first-order valence-corrected chi connectivity index (χ1v) is 39.9. The van der Waals surface area contributed by atoms with Gasteiger partial charge in [0.15, 0.2) is 12.6 Å². The molecule has 2 fully saturated rings. The molecule has 2 rings (SSSR count). The van der Waals surface area contributed by atoms with Gasteiger partial charge in [-0.25, -0.2) is 13.7 Å². The summed E-state index contributed by atoms with van der Waals surface area (Å²) in [6, 6.07) is -3.57. The summed E-state index contributed by atoms with van der Waals surface area (Å²) >= 11 is 0. The van der Waals surface area contributed by atoms with E-state index in [1.54, 1.807) is 6.92 Å². The molecule has 24 nitrogen and oxygen atoms in total. The molecule has 0 aromatic heterocycles. The maximum atomic E-state index is 13.3. The number of nitrogens with one attached hydrogen (secondary N) is 2. The molecule has 0 saturated carbocycles. The van der Waals surface area contributed by atoms with Gasteiger partial charge in [0.05, 0.1) is 33.0 Å². The number of aliphatic hydroxyl groups is 6. The SMILES string of the molecule is CC(=O)N[C@@H]1[C@H](O[C@H]2[C@H](O)[C@@H](NC(C)=O)[C@H](OP(=O)(O)OP(=O)(O)OC/C=C(/C)CC/C=C(/C)CC/C=C(/C)CC/C=C(/C)CC/C=C(/C)CC/C=C(/C)CC/C=C(/C)CC/C=C(/C)CC/C=C(\C)CC/C=C(\C)CCC=C(C)C)O[C@@H]2CO)O[C@H](COP(=O)(O)OCC(O)CO)[C@@H](O)[C@@H]1O. The van der Waals surface area contributed by atoms with Gasteiger partial charge in [0, 0.05) is 13.8 Å². The molecule has 2 aliphatic rings. The Labute approximate surface area is 602 Å². The molecule has 0 spiro atoms. The highest BCUT2D eigenvalue weighted by Gasteiger charge is 2.54. The summed E-state index contributed by atoms with van der Waals surface area (Å²) in [5.41, 5.74) is 15.0. The number of aliphatic hydroxyl groups excluding tert-OH is 6. The van der Waals surface area contributed by atoms with E-state index < -0.39 is 136 Å². The molecule has 2 heterocycles. The van der Waals surface area contributed by atoms with Crippen LogP contribution >= 0.6 is 23.5 Å². The van der Waals surface area contributed by atoms with E-state index in [1.807, 2.05) is 0 Å². The van der Waals surface area contributed by atoms with Gasteiger partial charge in [-0.3, -0.25) is 27.7 Å². The first kappa shape index (κ1) is 93.2. The van der Waals surface area contributed by atoms with Gasteiger partial charge in [0.25, 0.3) is 0 Å². The van der Waals surface area contributed by atoms with Crippen molar-refractivity contribution in [1.82, 2.24) is 10.6 Å². The van der Waals surface area contributed by atoms with Gasteiger partial charge in [-0.05, 0) is 212 Å². The molecular weight excluding hydrogens is 1360 g/mol. The van der Waals surface area contributed by atoms with E-state index in [4.69, 9.17) is 32.9 Å². The number of rotatable bonds is 49. The minimum Gasteiger partial charge on any atom is -0.394 e. The lowest BCUT2D eigenvalue weighted by Crippen LogP contribution is -2.69. The zero-order valence-electron chi connectivity index (χ0n) is 62.6. The van der Waals surface area contributed by atoms with Crippen LogP contribution in [-0.2, 0) is 59.9 Å². The lowest BCUT2D eigenvalue weighted by atomic mass is 9.94. The smallest absolute Gasteiger partial charge is 0.394 e. The maximum Gasteiger partial charge on any atom is 0.483 e. The number of hydrogen-bond acceptors (Lipinski definition) is 19. The van der Waals surface area contributed by atoms with Crippen molar-refractivity contribution >= 4 is 35.3 Å². The normalized spacial score (nSPS) is 24.9. The second-order valence-electron chi connectivity index (χ2n) is 27.3. The zero-order chi connectivity index (χ0) is 75.9. The van der Waals surface area contributed by atoms with Crippen molar-refractivity contribution in [3.8, 4) is 0 Å². The maximum absolute atomic E-state index is 13.3. The largest absolute Gasteiger partial charge is 0.483 e. The van der Waals surface area contributed by atoms with E-state index >= 15 is 0 Å². The summed E-state index contributed by atoms with van der Waals surface area (Å²) < 4.78 is 79.7. The van der Waals surface area contributed by atoms with Crippen molar-refractivity contribution in [3.05, 3.63) is 128 Å². The van der Waals surface area contributed by atoms with Crippen LogP contribution in [0.25, 0.3) is 0 Å². The Kier molecular flexibility index (Phi) is 45.9. The second-order valence-corrected chi connectivity index (χ2v) is 31.7. The molecule has 2 aliphatic heterocycles. The fraction of sp³-hybridized carbons (Fsp3) is 0.676. The molecule has 4 unspecified atom stereocenters. The van der Waals surface area contributed by atoms with Gasteiger partial charge in [-0.1, -0.05) is 128 Å². The van der Waals surface area contributed by atoms with Crippen LogP contribution in [0.1, 0.15) is 225 Å². The van der Waals surface area contributed by atoms with E-state index in [2.05, 4.69) is 156 Å². The van der Waals surface area contributed by atoms with Crippen molar-refractivity contribution in [2.45, 2.75) is 293 Å². The van der Waals surface area contributed by atoms with Crippen LogP contribution in [0, 0.1) is 0 Å². The molecule has 2 amide bonds. The molecular formula is C74H125N2O22P3. The monoisotopic (exact) mass is 1490 g/mol. The van der Waals surface area contributed by atoms with Gasteiger partial charge in [-0.2, -0.15) is 4.31 Å². The highest BCUT2D eigenvalue weighted by molar-refractivity contribution is 7.61. The Bertz CT molecular complexity index is 3030. The number of hydrogen-bond donors (Lipinski definition) is 11. The van der Waals surface area contributed by atoms with Crippen LogP contribution < -0.4 is 10.6 Å². The lowest BCUT2D eigenvalue weighted by Gasteiger charge is -2.48. The predicted octanol–water partition coefficient (Wildman–Crippen LogP) is 13.9. The second kappa shape index (κ2) is 49.8. The van der Waals surface area contributed by atoms with Crippen LogP contribution in [-0.4, -0.2) is 158 Å². The summed E-state index contributed by atoms with van der Waals surface area (Å²) in [7, 11) is -16.1. The van der Waals surface area contributed by atoms with Crippen LogP contribution in [0.4, 0.5) is 0 Å². The summed E-state index contributed by atoms with van der Waals surface area (Å²) in [6.45, 7) is 23.9. The van der Waals surface area contributed by atoms with Crippen LogP contribution in [0.3, 0.4) is 0 Å². The molecule has 101 heavy (non-hydrogen) atoms. The minimum absolute atomic E-state index is 0.522. The molecule has 0 aliphatic carbocycles.